The first-order valence-corrected chi connectivity index (χ1v) is 8.43. The van der Waals surface area contributed by atoms with Gasteiger partial charge in [0, 0.05) is 10.9 Å². The summed E-state index contributed by atoms with van der Waals surface area (Å²) < 4.78 is 4.68. The molecule has 1 N–H and O–H groups in total. The van der Waals surface area contributed by atoms with Gasteiger partial charge in [-0.05, 0) is 18.6 Å². The second-order valence-corrected chi connectivity index (χ2v) is 5.99. The van der Waals surface area contributed by atoms with E-state index in [4.69, 9.17) is 0 Å². The number of carbonyl (C=O) groups is 2. The summed E-state index contributed by atoms with van der Waals surface area (Å²) in [5.74, 6) is -0.599. The Morgan fingerprint density at radius 2 is 2.04 bits per heavy atom. The number of rotatable bonds is 7. The summed E-state index contributed by atoms with van der Waals surface area (Å²) in [5, 5.41) is 5.40. The van der Waals surface area contributed by atoms with Crippen LogP contribution in [-0.4, -0.2) is 24.0 Å². The molecule has 0 aliphatic heterocycles. The van der Waals surface area contributed by atoms with E-state index in [1.807, 2.05) is 18.2 Å². The Bertz CT molecular complexity index is 655. The number of amides is 1. The van der Waals surface area contributed by atoms with Gasteiger partial charge in [0.2, 0.25) is 0 Å². The summed E-state index contributed by atoms with van der Waals surface area (Å²) in [5.41, 5.74) is 0.890. The lowest BCUT2D eigenvalue weighted by Gasteiger charge is -2.16. The number of ether oxygens (including phenoxy) is 1. The molecule has 6 heteroatoms. The molecule has 0 aliphatic rings. The molecule has 1 unspecified atom stereocenters. The number of hydrogen-bond acceptors (Lipinski definition) is 5. The molecule has 0 aliphatic carbocycles. The second kappa shape index (κ2) is 8.43. The lowest BCUT2D eigenvalue weighted by Crippen LogP contribution is -2.28. The van der Waals surface area contributed by atoms with Crippen molar-refractivity contribution in [2.24, 2.45) is 0 Å². The highest BCUT2D eigenvalue weighted by molar-refractivity contribution is 7.09. The number of methoxy groups -OCH3 is 1. The normalized spacial score (nSPS) is 11.7. The van der Waals surface area contributed by atoms with Crippen LogP contribution in [0.3, 0.4) is 0 Å². The molecule has 5 nitrogen and oxygen atoms in total. The third-order valence-corrected chi connectivity index (χ3v) is 4.36. The Labute approximate surface area is 139 Å². The van der Waals surface area contributed by atoms with Crippen molar-refractivity contribution in [3.8, 4) is 0 Å². The highest BCUT2D eigenvalue weighted by Gasteiger charge is 2.20. The van der Waals surface area contributed by atoms with Gasteiger partial charge < -0.3 is 10.1 Å². The number of hydrogen-bond donors (Lipinski definition) is 1. The largest absolute Gasteiger partial charge is 0.464 e. The average molecular weight is 332 g/mol. The molecule has 0 radical (unpaired) electrons. The summed E-state index contributed by atoms with van der Waals surface area (Å²) in [6.07, 6.45) is 2.77. The second-order valence-electron chi connectivity index (χ2n) is 5.10. The lowest BCUT2D eigenvalue weighted by atomic mass is 10.1. The molecule has 0 saturated heterocycles. The SMILES string of the molecule is CCCCC(NC(=O)c1ccccc1)c1nc(C(=O)OC)cs1. The summed E-state index contributed by atoms with van der Waals surface area (Å²) in [6, 6.07) is 8.87. The first kappa shape index (κ1) is 17.1. The number of nitrogens with one attached hydrogen (secondary N) is 1. The van der Waals surface area contributed by atoms with Crippen molar-refractivity contribution < 1.29 is 14.3 Å². The van der Waals surface area contributed by atoms with Crippen LogP contribution in [-0.2, 0) is 4.74 Å². The molecular formula is C17H20N2O3S. The number of unbranched alkanes of at least 4 members (excludes halogenated alkanes) is 1. The molecule has 1 amide bonds. The number of aromatic nitrogens is 1. The number of esters is 1. The molecule has 0 saturated carbocycles. The van der Waals surface area contributed by atoms with Crippen LogP contribution >= 0.6 is 11.3 Å². The van der Waals surface area contributed by atoms with Crippen molar-refractivity contribution in [2.45, 2.75) is 32.2 Å². The maximum atomic E-state index is 12.4. The predicted molar refractivity (Wildman–Crippen MR) is 89.6 cm³/mol. The Hall–Kier alpha value is -2.21. The van der Waals surface area contributed by atoms with Crippen molar-refractivity contribution in [1.82, 2.24) is 10.3 Å². The Balaban J connectivity index is 2.15. The van der Waals surface area contributed by atoms with Crippen LogP contribution in [0, 0.1) is 0 Å². The van der Waals surface area contributed by atoms with E-state index in [9.17, 15) is 9.59 Å². The molecule has 1 aromatic heterocycles. The van der Waals surface area contributed by atoms with E-state index >= 15 is 0 Å². The van der Waals surface area contributed by atoms with E-state index in [0.717, 1.165) is 24.3 Å². The number of carbonyl (C=O) groups excluding carboxylic acids is 2. The van der Waals surface area contributed by atoms with E-state index in [1.165, 1.54) is 18.4 Å². The Morgan fingerprint density at radius 1 is 1.30 bits per heavy atom. The van der Waals surface area contributed by atoms with Gasteiger partial charge in [-0.3, -0.25) is 4.79 Å². The fraction of sp³-hybridized carbons (Fsp3) is 0.353. The standard InChI is InChI=1S/C17H20N2O3S/c1-3-4-10-13(16-19-14(11-23-16)17(21)22-2)18-15(20)12-8-6-5-7-9-12/h5-9,11,13H,3-4,10H2,1-2H3,(H,18,20). The zero-order chi connectivity index (χ0) is 16.7. The van der Waals surface area contributed by atoms with Crippen molar-refractivity contribution >= 4 is 23.2 Å². The summed E-state index contributed by atoms with van der Waals surface area (Å²) in [7, 11) is 1.33. The zero-order valence-corrected chi connectivity index (χ0v) is 14.1. The number of thiazole rings is 1. The van der Waals surface area contributed by atoms with Crippen LogP contribution in [0.1, 0.15) is 58.1 Å². The van der Waals surface area contributed by atoms with Gasteiger partial charge in [0.25, 0.3) is 5.91 Å². The molecule has 23 heavy (non-hydrogen) atoms. The van der Waals surface area contributed by atoms with Gasteiger partial charge in [0.15, 0.2) is 5.69 Å². The highest BCUT2D eigenvalue weighted by Crippen LogP contribution is 2.24. The van der Waals surface area contributed by atoms with Gasteiger partial charge >= 0.3 is 5.97 Å². The molecular weight excluding hydrogens is 312 g/mol. The molecule has 0 bridgehead atoms. The van der Waals surface area contributed by atoms with Crippen LogP contribution in [0.25, 0.3) is 0 Å². The van der Waals surface area contributed by atoms with Gasteiger partial charge in [-0.15, -0.1) is 11.3 Å². The highest BCUT2D eigenvalue weighted by atomic mass is 32.1. The third-order valence-electron chi connectivity index (χ3n) is 3.40. The monoisotopic (exact) mass is 332 g/mol. The molecule has 2 aromatic rings. The zero-order valence-electron chi connectivity index (χ0n) is 13.2. The van der Waals surface area contributed by atoms with E-state index in [0.29, 0.717) is 5.56 Å². The fourth-order valence-corrected chi connectivity index (χ4v) is 3.02. The molecule has 0 fully saturated rings. The molecule has 2 rings (SSSR count). The van der Waals surface area contributed by atoms with Gasteiger partial charge in [0.1, 0.15) is 5.01 Å². The first-order valence-electron chi connectivity index (χ1n) is 7.55. The van der Waals surface area contributed by atoms with Crippen molar-refractivity contribution in [1.29, 1.82) is 0 Å². The van der Waals surface area contributed by atoms with E-state index in [1.54, 1.807) is 17.5 Å². The van der Waals surface area contributed by atoms with Crippen molar-refractivity contribution in [2.75, 3.05) is 7.11 Å². The third kappa shape index (κ3) is 4.63. The van der Waals surface area contributed by atoms with Gasteiger partial charge in [0.05, 0.1) is 13.2 Å². The fourth-order valence-electron chi connectivity index (χ4n) is 2.14. The summed E-state index contributed by atoms with van der Waals surface area (Å²) in [4.78, 5) is 28.2. The lowest BCUT2D eigenvalue weighted by molar-refractivity contribution is 0.0594. The molecule has 1 atom stereocenters. The molecule has 1 heterocycles. The van der Waals surface area contributed by atoms with Crippen molar-refractivity contribution in [3.63, 3.8) is 0 Å². The van der Waals surface area contributed by atoms with Gasteiger partial charge in [-0.1, -0.05) is 38.0 Å². The minimum absolute atomic E-state index is 0.137. The smallest absolute Gasteiger partial charge is 0.357 e. The minimum atomic E-state index is -0.462. The van der Waals surface area contributed by atoms with Gasteiger partial charge in [-0.25, -0.2) is 9.78 Å². The van der Waals surface area contributed by atoms with Crippen LogP contribution in [0.5, 0.6) is 0 Å². The minimum Gasteiger partial charge on any atom is -0.464 e. The number of benzene rings is 1. The van der Waals surface area contributed by atoms with Crippen LogP contribution in [0.4, 0.5) is 0 Å². The molecule has 122 valence electrons. The maximum absolute atomic E-state index is 12.4. The Morgan fingerprint density at radius 3 is 2.70 bits per heavy atom. The van der Waals surface area contributed by atoms with Crippen molar-refractivity contribution in [3.05, 3.63) is 52.0 Å². The Kier molecular flexibility index (Phi) is 6.29. The number of nitrogens with zero attached hydrogens (tertiary/aromatic N) is 1. The van der Waals surface area contributed by atoms with Crippen LogP contribution in [0.15, 0.2) is 35.7 Å². The van der Waals surface area contributed by atoms with E-state index in [2.05, 4.69) is 22.0 Å². The molecule has 1 aromatic carbocycles. The molecule has 0 spiro atoms. The summed E-state index contributed by atoms with van der Waals surface area (Å²) in [6.45, 7) is 2.10. The van der Waals surface area contributed by atoms with Gasteiger partial charge in [-0.2, -0.15) is 0 Å². The summed E-state index contributed by atoms with van der Waals surface area (Å²) >= 11 is 1.36. The van der Waals surface area contributed by atoms with Crippen LogP contribution in [0.2, 0.25) is 0 Å². The predicted octanol–water partition coefficient (Wildman–Crippen LogP) is 3.59. The van der Waals surface area contributed by atoms with E-state index < -0.39 is 5.97 Å². The quantitative estimate of drug-likeness (QED) is 0.787. The average Bonchev–Trinajstić information content (AvgIpc) is 3.08. The maximum Gasteiger partial charge on any atom is 0.357 e. The van der Waals surface area contributed by atoms with Crippen LogP contribution < -0.4 is 5.32 Å². The van der Waals surface area contributed by atoms with E-state index in [-0.39, 0.29) is 17.6 Å². The first-order chi connectivity index (χ1) is 11.2. The topological polar surface area (TPSA) is 68.3 Å².